The lowest BCUT2D eigenvalue weighted by Crippen LogP contribution is -2.42. The van der Waals surface area contributed by atoms with Crippen LogP contribution in [0.5, 0.6) is 0 Å². The summed E-state index contributed by atoms with van der Waals surface area (Å²) in [6.07, 6.45) is 0. The molecule has 0 aromatic heterocycles. The number of hydrogen-bond donors (Lipinski definition) is 2. The Hall–Kier alpha value is -2.92. The number of amides is 1. The number of carbonyl (C=O) groups is 3. The van der Waals surface area contributed by atoms with Crippen LogP contribution in [0.25, 0.3) is 0 Å². The van der Waals surface area contributed by atoms with Gasteiger partial charge < -0.3 is 9.47 Å². The van der Waals surface area contributed by atoms with Crippen molar-refractivity contribution in [1.82, 2.24) is 5.32 Å². The van der Waals surface area contributed by atoms with Gasteiger partial charge in [0, 0.05) is 6.07 Å². The molecule has 1 aromatic carbocycles. The van der Waals surface area contributed by atoms with Crippen LogP contribution in [0, 0.1) is 10.1 Å². The molecule has 13 heteroatoms. The van der Waals surface area contributed by atoms with Crippen molar-refractivity contribution < 1.29 is 28.8 Å². The van der Waals surface area contributed by atoms with Gasteiger partial charge in [-0.3, -0.25) is 25.7 Å². The Morgan fingerprint density at radius 3 is 2.22 bits per heavy atom. The summed E-state index contributed by atoms with van der Waals surface area (Å²) in [6.45, 7) is 2.86. The third kappa shape index (κ3) is 6.38. The van der Waals surface area contributed by atoms with Crippen LogP contribution in [-0.2, 0) is 23.9 Å². The van der Waals surface area contributed by atoms with Gasteiger partial charge in [0.2, 0.25) is 5.84 Å². The zero-order valence-corrected chi connectivity index (χ0v) is 15.6. The van der Waals surface area contributed by atoms with E-state index in [1.165, 1.54) is 13.8 Å². The van der Waals surface area contributed by atoms with Gasteiger partial charge in [-0.2, -0.15) is 0 Å². The lowest BCUT2D eigenvalue weighted by molar-refractivity contribution is -0.383. The van der Waals surface area contributed by atoms with E-state index in [1.807, 2.05) is 5.32 Å². The van der Waals surface area contributed by atoms with Crippen molar-refractivity contribution in [3.63, 3.8) is 0 Å². The molecule has 0 radical (unpaired) electrons. The average Bonchev–Trinajstić information content (AvgIpc) is 2.60. The number of nitro groups is 1. The maximum Gasteiger partial charge on any atom is 0.397 e. The molecule has 0 saturated heterocycles. The van der Waals surface area contributed by atoms with Crippen molar-refractivity contribution in [2.75, 3.05) is 18.6 Å². The number of amidine groups is 1. The number of halogens is 2. The molecule has 0 fully saturated rings. The van der Waals surface area contributed by atoms with Crippen molar-refractivity contribution in [2.24, 2.45) is 5.10 Å². The number of nitrogens with zero attached hydrogens (tertiary/aromatic N) is 2. The molecule has 0 unspecified atom stereocenters. The normalized spacial score (nSPS) is 10.7. The number of esters is 2. The maximum absolute atomic E-state index is 11.9. The fourth-order valence-corrected chi connectivity index (χ4v) is 1.89. The van der Waals surface area contributed by atoms with E-state index in [1.54, 1.807) is 0 Å². The molecule has 2 N–H and O–H groups in total. The van der Waals surface area contributed by atoms with Crippen LogP contribution in [-0.4, -0.2) is 41.8 Å². The number of hydrazone groups is 1. The molecule has 1 aromatic rings. The molecule has 11 nitrogen and oxygen atoms in total. The fourth-order valence-electron chi connectivity index (χ4n) is 1.57. The molecular formula is C14H14Cl2N4O7. The number of nitrogens with one attached hydrogen (secondary N) is 2. The number of benzene rings is 1. The Kier molecular flexibility index (Phi) is 8.42. The lowest BCUT2D eigenvalue weighted by atomic mass is 10.3. The first kappa shape index (κ1) is 22.1. The van der Waals surface area contributed by atoms with Crippen LogP contribution < -0.4 is 10.7 Å². The van der Waals surface area contributed by atoms with Gasteiger partial charge in [-0.25, -0.2) is 9.59 Å². The second kappa shape index (κ2) is 10.3. The maximum atomic E-state index is 11.9. The highest BCUT2D eigenvalue weighted by Crippen LogP contribution is 2.33. The Bertz CT molecular complexity index is 798. The number of anilines is 1. The van der Waals surface area contributed by atoms with Gasteiger partial charge in [-0.15, -0.1) is 5.10 Å². The number of rotatable bonds is 5. The van der Waals surface area contributed by atoms with Crippen LogP contribution in [0.1, 0.15) is 13.8 Å². The van der Waals surface area contributed by atoms with Gasteiger partial charge in [-0.1, -0.05) is 23.2 Å². The van der Waals surface area contributed by atoms with Crippen LogP contribution in [0.2, 0.25) is 10.0 Å². The van der Waals surface area contributed by atoms with Gasteiger partial charge in [-0.05, 0) is 19.9 Å². The van der Waals surface area contributed by atoms with Crippen molar-refractivity contribution in [2.45, 2.75) is 13.8 Å². The Balaban J connectivity index is 3.17. The highest BCUT2D eigenvalue weighted by molar-refractivity contribution is 6.45. The molecule has 1 rings (SSSR count). The molecule has 1 amide bonds. The molecule has 27 heavy (non-hydrogen) atoms. The summed E-state index contributed by atoms with van der Waals surface area (Å²) in [5, 5.41) is 16.5. The monoisotopic (exact) mass is 420 g/mol. The highest BCUT2D eigenvalue weighted by Gasteiger charge is 2.23. The largest absolute Gasteiger partial charge is 0.460 e. The van der Waals surface area contributed by atoms with E-state index in [-0.39, 0.29) is 28.9 Å². The molecule has 0 aliphatic carbocycles. The zero-order chi connectivity index (χ0) is 20.6. The Morgan fingerprint density at radius 2 is 1.67 bits per heavy atom. The van der Waals surface area contributed by atoms with E-state index in [2.05, 4.69) is 15.3 Å². The first-order chi connectivity index (χ1) is 12.7. The van der Waals surface area contributed by atoms with E-state index < -0.39 is 34.3 Å². The smallest absolute Gasteiger partial charge is 0.397 e. The molecule has 0 saturated carbocycles. The van der Waals surface area contributed by atoms with Crippen LogP contribution in [0.3, 0.4) is 0 Å². The minimum Gasteiger partial charge on any atom is -0.460 e. The Morgan fingerprint density at radius 1 is 1.11 bits per heavy atom. The number of carbonyl (C=O) groups excluding carboxylic acids is 3. The summed E-state index contributed by atoms with van der Waals surface area (Å²) in [5.41, 5.74) is 1.50. The van der Waals surface area contributed by atoms with Gasteiger partial charge in [0.15, 0.2) is 0 Å². The number of ether oxygens (including phenoxy) is 2. The molecule has 0 heterocycles. The van der Waals surface area contributed by atoms with Gasteiger partial charge in [0.25, 0.3) is 5.69 Å². The van der Waals surface area contributed by atoms with Gasteiger partial charge >= 0.3 is 17.8 Å². The molecule has 0 atom stereocenters. The summed E-state index contributed by atoms with van der Waals surface area (Å²) in [7, 11) is 0. The summed E-state index contributed by atoms with van der Waals surface area (Å²) in [4.78, 5) is 45.3. The molecule has 146 valence electrons. The van der Waals surface area contributed by atoms with E-state index >= 15 is 0 Å². The van der Waals surface area contributed by atoms with Crippen LogP contribution >= 0.6 is 23.2 Å². The summed E-state index contributed by atoms with van der Waals surface area (Å²) >= 11 is 11.5. The van der Waals surface area contributed by atoms with E-state index in [0.29, 0.717) is 0 Å². The van der Waals surface area contributed by atoms with Gasteiger partial charge in [0.05, 0.1) is 28.2 Å². The summed E-state index contributed by atoms with van der Waals surface area (Å²) < 4.78 is 9.18. The first-order valence-electron chi connectivity index (χ1n) is 7.33. The van der Waals surface area contributed by atoms with E-state index in [0.717, 1.165) is 12.1 Å². The minimum atomic E-state index is -1.28. The Labute approximate surface area is 162 Å². The van der Waals surface area contributed by atoms with Crippen molar-refractivity contribution in [3.05, 3.63) is 32.3 Å². The predicted molar refractivity (Wildman–Crippen MR) is 95.6 cm³/mol. The van der Waals surface area contributed by atoms with Crippen LogP contribution in [0.15, 0.2) is 17.2 Å². The summed E-state index contributed by atoms with van der Waals surface area (Å²) in [5.74, 6) is -4.36. The molecular weight excluding hydrogens is 407 g/mol. The lowest BCUT2D eigenvalue weighted by Gasteiger charge is -2.09. The minimum absolute atomic E-state index is 0.0202. The fraction of sp³-hybridized carbons (Fsp3) is 0.286. The molecule has 0 spiro atoms. The zero-order valence-electron chi connectivity index (χ0n) is 14.1. The van der Waals surface area contributed by atoms with Crippen molar-refractivity contribution in [1.29, 1.82) is 0 Å². The third-order valence-corrected chi connectivity index (χ3v) is 3.41. The average molecular weight is 421 g/mol. The standard InChI is InChI=1S/C14H14Cl2N4O7/c1-3-26-13(22)11(17-12(21)14(23)27-4-2)19-18-9-5-7(15)8(16)6-10(9)20(24)25/h5-6,18H,3-4H2,1-2H3,(H,17,19,21). The first-order valence-corrected chi connectivity index (χ1v) is 8.09. The second-order valence-corrected chi connectivity index (χ2v) is 5.32. The number of nitro benzene ring substituents is 1. The third-order valence-electron chi connectivity index (χ3n) is 2.69. The summed E-state index contributed by atoms with van der Waals surface area (Å²) in [6, 6.07) is 2.07. The van der Waals surface area contributed by atoms with Crippen LogP contribution in [0.4, 0.5) is 11.4 Å². The van der Waals surface area contributed by atoms with Crippen molar-refractivity contribution >= 4 is 58.3 Å². The topological polar surface area (TPSA) is 149 Å². The molecule has 0 bridgehead atoms. The number of hydrogen-bond acceptors (Lipinski definition) is 9. The van der Waals surface area contributed by atoms with E-state index in [9.17, 15) is 24.5 Å². The second-order valence-electron chi connectivity index (χ2n) is 4.51. The van der Waals surface area contributed by atoms with Gasteiger partial charge in [0.1, 0.15) is 5.69 Å². The van der Waals surface area contributed by atoms with Crippen molar-refractivity contribution in [3.8, 4) is 0 Å². The molecule has 0 aliphatic heterocycles. The quantitative estimate of drug-likeness (QED) is 0.183. The SMILES string of the molecule is CCOC(=O)C(=O)N/C(=N\Nc1cc(Cl)c(Cl)cc1[N+](=O)[O-])C(=O)OCC. The predicted octanol–water partition coefficient (Wildman–Crippen LogP) is 1.87. The molecule has 0 aliphatic rings. The van der Waals surface area contributed by atoms with E-state index in [4.69, 9.17) is 27.9 Å². The highest BCUT2D eigenvalue weighted by atomic mass is 35.5.